The van der Waals surface area contributed by atoms with Crippen molar-refractivity contribution < 1.29 is 41.8 Å². The van der Waals surface area contributed by atoms with Crippen LogP contribution in [0.2, 0.25) is 0 Å². The van der Waals surface area contributed by atoms with Crippen LogP contribution in [0, 0.1) is 0 Å². The smallest absolute Gasteiger partial charge is 0.459 e. The van der Waals surface area contributed by atoms with Crippen molar-refractivity contribution in [3.8, 4) is 5.75 Å². The van der Waals surface area contributed by atoms with Gasteiger partial charge in [-0.2, -0.15) is 0 Å². The van der Waals surface area contributed by atoms with Crippen molar-refractivity contribution in [1.29, 1.82) is 0 Å². The molecule has 1 aliphatic heterocycles. The van der Waals surface area contributed by atoms with Crippen molar-refractivity contribution in [2.24, 2.45) is 0 Å². The monoisotopic (exact) mass is 478 g/mol. The first-order valence-electron chi connectivity index (χ1n) is 10.1. The van der Waals surface area contributed by atoms with E-state index < -0.39 is 54.5 Å². The largest absolute Gasteiger partial charge is 0.573 e. The summed E-state index contributed by atoms with van der Waals surface area (Å²) in [7, 11) is 0. The van der Waals surface area contributed by atoms with Crippen LogP contribution in [0.1, 0.15) is 41.5 Å². The zero-order valence-electron chi connectivity index (χ0n) is 18.5. The Morgan fingerprint density at radius 2 is 1.44 bits per heavy atom. The number of nitrogens with zero attached hydrogens (tertiary/aromatic N) is 2. The number of ether oxygens (including phenoxy) is 2. The average molecular weight is 478 g/mol. The third-order valence-corrected chi connectivity index (χ3v) is 4.56. The van der Waals surface area contributed by atoms with Gasteiger partial charge in [0.15, 0.2) is 5.75 Å². The molecule has 0 saturated heterocycles. The summed E-state index contributed by atoms with van der Waals surface area (Å²) in [5, 5.41) is 0. The molecule has 0 atom stereocenters. The lowest BCUT2D eigenvalue weighted by Crippen LogP contribution is -2.46. The molecule has 0 saturated carbocycles. The van der Waals surface area contributed by atoms with Gasteiger partial charge in [-0.1, -0.05) is 24.3 Å². The quantitative estimate of drug-likeness (QED) is 0.466. The molecule has 0 spiro atoms. The second kappa shape index (κ2) is 9.16. The van der Waals surface area contributed by atoms with Crippen molar-refractivity contribution in [2.45, 2.75) is 32.7 Å². The third-order valence-electron chi connectivity index (χ3n) is 4.56. The van der Waals surface area contributed by atoms with E-state index in [4.69, 9.17) is 4.74 Å². The first kappa shape index (κ1) is 24.7. The maximum absolute atomic E-state index is 13.2. The summed E-state index contributed by atoms with van der Waals surface area (Å²) in [5.41, 5.74) is -1.12. The van der Waals surface area contributed by atoms with E-state index in [0.717, 1.165) is 12.1 Å². The fourth-order valence-corrected chi connectivity index (χ4v) is 3.31. The van der Waals surface area contributed by atoms with E-state index in [1.807, 2.05) is 0 Å². The van der Waals surface area contributed by atoms with Gasteiger partial charge in [0.05, 0.1) is 16.8 Å². The number of rotatable bonds is 6. The summed E-state index contributed by atoms with van der Waals surface area (Å²) >= 11 is 0. The highest BCUT2D eigenvalue weighted by Crippen LogP contribution is 2.33. The molecule has 2 aromatic rings. The zero-order valence-corrected chi connectivity index (χ0v) is 18.5. The van der Waals surface area contributed by atoms with Crippen LogP contribution in [0.4, 0.5) is 18.9 Å². The summed E-state index contributed by atoms with van der Waals surface area (Å²) in [6.07, 6.45) is -5.07. The van der Waals surface area contributed by atoms with Gasteiger partial charge in [0.1, 0.15) is 18.7 Å². The Labute approximate surface area is 192 Å². The first-order chi connectivity index (χ1) is 15.8. The van der Waals surface area contributed by atoms with Crippen LogP contribution in [-0.2, 0) is 14.3 Å². The Bertz CT molecular complexity index is 1110. The van der Waals surface area contributed by atoms with Gasteiger partial charge in [-0.15, -0.1) is 13.2 Å². The molecule has 0 radical (unpaired) electrons. The topological polar surface area (TPSA) is 93.2 Å². The van der Waals surface area contributed by atoms with E-state index in [0.29, 0.717) is 9.80 Å². The van der Waals surface area contributed by atoms with Gasteiger partial charge in [0.2, 0.25) is 5.91 Å². The molecule has 0 fully saturated rings. The number of carbonyl (C=O) groups excluding carboxylic acids is 4. The van der Waals surface area contributed by atoms with Gasteiger partial charge >= 0.3 is 12.3 Å². The van der Waals surface area contributed by atoms with Crippen molar-refractivity contribution >= 4 is 29.4 Å². The van der Waals surface area contributed by atoms with E-state index in [1.165, 1.54) is 24.3 Å². The number of anilines is 1. The second-order valence-electron chi connectivity index (χ2n) is 8.32. The summed E-state index contributed by atoms with van der Waals surface area (Å²) in [6.45, 7) is 3.15. The molecule has 8 nitrogen and oxygen atoms in total. The van der Waals surface area contributed by atoms with Crippen molar-refractivity contribution in [3.63, 3.8) is 0 Å². The van der Waals surface area contributed by atoms with Crippen LogP contribution in [0.3, 0.4) is 0 Å². The van der Waals surface area contributed by atoms with Gasteiger partial charge in [0, 0.05) is 0 Å². The minimum atomic E-state index is -5.07. The Morgan fingerprint density at radius 3 is 1.97 bits per heavy atom. The van der Waals surface area contributed by atoms with Crippen LogP contribution in [0.15, 0.2) is 48.5 Å². The maximum Gasteiger partial charge on any atom is 0.573 e. The number of benzene rings is 2. The molecule has 3 amide bonds. The van der Waals surface area contributed by atoms with E-state index in [2.05, 4.69) is 4.74 Å². The van der Waals surface area contributed by atoms with Crippen molar-refractivity contribution in [1.82, 2.24) is 4.90 Å². The Balaban J connectivity index is 1.94. The number of carbonyl (C=O) groups is 4. The highest BCUT2D eigenvalue weighted by molar-refractivity contribution is 6.23. The Kier molecular flexibility index (Phi) is 6.67. The maximum atomic E-state index is 13.2. The minimum Gasteiger partial charge on any atom is -0.459 e. The zero-order chi connectivity index (χ0) is 25.3. The molecule has 0 bridgehead atoms. The molecule has 11 heteroatoms. The van der Waals surface area contributed by atoms with Crippen LogP contribution in [-0.4, -0.2) is 53.6 Å². The molecule has 0 unspecified atom stereocenters. The SMILES string of the molecule is CC(C)(C)OC(=O)CN(C(=O)CN1C(=O)c2ccccc2C1=O)c1ccccc1OC(F)(F)F. The summed E-state index contributed by atoms with van der Waals surface area (Å²) in [6, 6.07) is 10.7. The number of amides is 3. The number of hydrogen-bond donors (Lipinski definition) is 0. The Hall–Kier alpha value is -3.89. The minimum absolute atomic E-state index is 0.0970. The molecule has 34 heavy (non-hydrogen) atoms. The number of esters is 1. The number of fused-ring (bicyclic) bond motifs is 1. The molecule has 0 aromatic heterocycles. The van der Waals surface area contributed by atoms with Crippen LogP contribution in [0.5, 0.6) is 5.75 Å². The van der Waals surface area contributed by atoms with Gasteiger partial charge in [-0.05, 0) is 45.0 Å². The molecular formula is C23H21F3N2O6. The third kappa shape index (κ3) is 5.72. The van der Waals surface area contributed by atoms with Gasteiger partial charge in [-0.25, -0.2) is 0 Å². The fourth-order valence-electron chi connectivity index (χ4n) is 3.31. The highest BCUT2D eigenvalue weighted by Gasteiger charge is 2.39. The standard InChI is InChI=1S/C23H21F3N2O6/c1-22(2,3)34-19(30)13-27(16-10-6-7-11-17(16)33-23(24,25)26)18(29)12-28-20(31)14-8-4-5-9-15(14)21(28)32/h4-11H,12-13H2,1-3H3. The molecule has 180 valence electrons. The first-order valence-corrected chi connectivity index (χ1v) is 10.1. The van der Waals surface area contributed by atoms with Crippen molar-refractivity contribution in [3.05, 3.63) is 59.7 Å². The number of halogens is 3. The predicted octanol–water partition coefficient (Wildman–Crippen LogP) is 3.56. The number of hydrogen-bond acceptors (Lipinski definition) is 6. The van der Waals surface area contributed by atoms with E-state index >= 15 is 0 Å². The van der Waals surface area contributed by atoms with Gasteiger partial charge in [-0.3, -0.25) is 29.0 Å². The van der Waals surface area contributed by atoms with E-state index in [1.54, 1.807) is 32.9 Å². The van der Waals surface area contributed by atoms with E-state index in [-0.39, 0.29) is 16.8 Å². The van der Waals surface area contributed by atoms with Gasteiger partial charge < -0.3 is 9.47 Å². The van der Waals surface area contributed by atoms with Gasteiger partial charge in [0.25, 0.3) is 11.8 Å². The van der Waals surface area contributed by atoms with Crippen LogP contribution >= 0.6 is 0 Å². The summed E-state index contributed by atoms with van der Waals surface area (Å²) in [4.78, 5) is 52.3. The highest BCUT2D eigenvalue weighted by atomic mass is 19.4. The lowest BCUT2D eigenvalue weighted by molar-refractivity contribution is -0.274. The predicted molar refractivity (Wildman–Crippen MR) is 113 cm³/mol. The number of alkyl halides is 3. The normalized spacial score (nSPS) is 13.5. The number of imide groups is 1. The number of para-hydroxylation sites is 2. The molecule has 0 aliphatic carbocycles. The summed E-state index contributed by atoms with van der Waals surface area (Å²) < 4.78 is 48.0. The molecule has 1 heterocycles. The lowest BCUT2D eigenvalue weighted by atomic mass is 10.1. The second-order valence-corrected chi connectivity index (χ2v) is 8.32. The molecule has 3 rings (SSSR count). The molecular weight excluding hydrogens is 457 g/mol. The Morgan fingerprint density at radius 1 is 0.912 bits per heavy atom. The molecule has 0 N–H and O–H groups in total. The lowest BCUT2D eigenvalue weighted by Gasteiger charge is -2.28. The summed E-state index contributed by atoms with van der Waals surface area (Å²) in [5.74, 6) is -4.10. The average Bonchev–Trinajstić information content (AvgIpc) is 2.95. The fraction of sp³-hybridized carbons (Fsp3) is 0.304. The van der Waals surface area contributed by atoms with E-state index in [9.17, 15) is 32.3 Å². The molecule has 2 aromatic carbocycles. The van der Waals surface area contributed by atoms with Crippen molar-refractivity contribution in [2.75, 3.05) is 18.0 Å². The van der Waals surface area contributed by atoms with Crippen LogP contribution < -0.4 is 9.64 Å². The van der Waals surface area contributed by atoms with Crippen LogP contribution in [0.25, 0.3) is 0 Å². The molecule has 1 aliphatic rings.